The molecule has 0 saturated carbocycles. The zero-order valence-electron chi connectivity index (χ0n) is 6.41. The standard InChI is InChI=1S/C7H10N4/c1-2-3-4-11-6-7(5-8)9-10-11/h6H,4-5,8H2,1H3. The minimum absolute atomic E-state index is 0.430. The monoisotopic (exact) mass is 150 g/mol. The predicted octanol–water partition coefficient (Wildman–Crippen LogP) is -0.240. The van der Waals surface area contributed by atoms with Crippen LogP contribution in [0.4, 0.5) is 0 Å². The van der Waals surface area contributed by atoms with Crippen molar-refractivity contribution in [1.82, 2.24) is 15.0 Å². The summed E-state index contributed by atoms with van der Waals surface area (Å²) in [4.78, 5) is 0. The van der Waals surface area contributed by atoms with Crippen molar-refractivity contribution in [3.63, 3.8) is 0 Å². The van der Waals surface area contributed by atoms with Gasteiger partial charge in [-0.25, -0.2) is 4.68 Å². The lowest BCUT2D eigenvalue weighted by Crippen LogP contribution is -1.96. The fourth-order valence-corrected chi connectivity index (χ4v) is 0.669. The van der Waals surface area contributed by atoms with Gasteiger partial charge in [0.2, 0.25) is 0 Å². The number of rotatable bonds is 2. The molecule has 0 amide bonds. The van der Waals surface area contributed by atoms with Crippen LogP contribution in [-0.2, 0) is 13.1 Å². The molecule has 0 spiro atoms. The zero-order valence-corrected chi connectivity index (χ0v) is 6.41. The lowest BCUT2D eigenvalue weighted by molar-refractivity contribution is 0.672. The maximum Gasteiger partial charge on any atom is 0.103 e. The van der Waals surface area contributed by atoms with Crippen molar-refractivity contribution in [3.8, 4) is 11.8 Å². The van der Waals surface area contributed by atoms with Gasteiger partial charge in [0, 0.05) is 6.54 Å². The summed E-state index contributed by atoms with van der Waals surface area (Å²) in [5.41, 5.74) is 6.13. The van der Waals surface area contributed by atoms with Crippen molar-refractivity contribution < 1.29 is 0 Å². The van der Waals surface area contributed by atoms with Gasteiger partial charge in [-0.1, -0.05) is 11.1 Å². The summed E-state index contributed by atoms with van der Waals surface area (Å²) in [5, 5.41) is 7.62. The average molecular weight is 150 g/mol. The van der Waals surface area contributed by atoms with Crippen LogP contribution in [0.1, 0.15) is 12.6 Å². The van der Waals surface area contributed by atoms with Gasteiger partial charge in [0.05, 0.1) is 11.9 Å². The molecule has 0 aliphatic carbocycles. The molecule has 0 fully saturated rings. The zero-order chi connectivity index (χ0) is 8.10. The molecule has 4 nitrogen and oxygen atoms in total. The largest absolute Gasteiger partial charge is 0.325 e. The molecule has 4 heteroatoms. The van der Waals surface area contributed by atoms with Crippen molar-refractivity contribution in [2.45, 2.75) is 20.0 Å². The molecule has 1 aromatic heterocycles. The van der Waals surface area contributed by atoms with Crippen molar-refractivity contribution >= 4 is 0 Å². The highest BCUT2D eigenvalue weighted by atomic mass is 15.4. The molecule has 0 unspecified atom stereocenters. The lowest BCUT2D eigenvalue weighted by atomic mass is 10.5. The van der Waals surface area contributed by atoms with Crippen LogP contribution in [0.15, 0.2) is 6.20 Å². The fraction of sp³-hybridized carbons (Fsp3) is 0.429. The Labute approximate surface area is 65.4 Å². The van der Waals surface area contributed by atoms with Crippen molar-refractivity contribution in [3.05, 3.63) is 11.9 Å². The van der Waals surface area contributed by atoms with E-state index in [-0.39, 0.29) is 0 Å². The fourth-order valence-electron chi connectivity index (χ4n) is 0.669. The van der Waals surface area contributed by atoms with Gasteiger partial charge in [0.1, 0.15) is 6.54 Å². The summed E-state index contributed by atoms with van der Waals surface area (Å²) in [6.45, 7) is 2.81. The summed E-state index contributed by atoms with van der Waals surface area (Å²) in [5.74, 6) is 5.65. The highest BCUT2D eigenvalue weighted by Crippen LogP contribution is 1.89. The number of nitrogens with zero attached hydrogens (tertiary/aromatic N) is 3. The second-order valence-electron chi connectivity index (χ2n) is 2.04. The highest BCUT2D eigenvalue weighted by molar-refractivity contribution is 4.97. The topological polar surface area (TPSA) is 56.7 Å². The van der Waals surface area contributed by atoms with Crippen molar-refractivity contribution in [1.29, 1.82) is 0 Å². The third kappa shape index (κ3) is 2.06. The number of hydrogen-bond acceptors (Lipinski definition) is 3. The first-order valence-corrected chi connectivity index (χ1v) is 3.35. The van der Waals surface area contributed by atoms with E-state index in [1.165, 1.54) is 0 Å². The van der Waals surface area contributed by atoms with Gasteiger partial charge >= 0.3 is 0 Å². The summed E-state index contributed by atoms with van der Waals surface area (Å²) in [6, 6.07) is 0. The van der Waals surface area contributed by atoms with Crippen LogP contribution >= 0.6 is 0 Å². The molecule has 2 N–H and O–H groups in total. The first-order valence-electron chi connectivity index (χ1n) is 3.35. The van der Waals surface area contributed by atoms with Crippen LogP contribution in [0.2, 0.25) is 0 Å². The van der Waals surface area contributed by atoms with E-state index in [2.05, 4.69) is 22.2 Å². The quantitative estimate of drug-likeness (QED) is 0.592. The lowest BCUT2D eigenvalue weighted by Gasteiger charge is -1.87. The Morgan fingerprint density at radius 3 is 3.09 bits per heavy atom. The molecule has 0 aromatic carbocycles. The van der Waals surface area contributed by atoms with Gasteiger partial charge < -0.3 is 5.73 Å². The van der Waals surface area contributed by atoms with Crippen LogP contribution < -0.4 is 5.73 Å². The maximum absolute atomic E-state index is 5.34. The molecule has 1 heterocycles. The third-order valence-electron chi connectivity index (χ3n) is 1.21. The molecule has 0 atom stereocenters. The second kappa shape index (κ2) is 3.74. The molecule has 1 aromatic rings. The van der Waals surface area contributed by atoms with E-state index in [9.17, 15) is 0 Å². The Bertz CT molecular complexity index is 278. The number of hydrogen-bond donors (Lipinski definition) is 1. The Kier molecular flexibility index (Phi) is 2.64. The molecule has 58 valence electrons. The molecule has 1 rings (SSSR count). The Balaban J connectivity index is 2.62. The van der Waals surface area contributed by atoms with Gasteiger partial charge in [0.15, 0.2) is 0 Å². The third-order valence-corrected chi connectivity index (χ3v) is 1.21. The molecule has 0 radical (unpaired) electrons. The van der Waals surface area contributed by atoms with Gasteiger partial charge in [-0.3, -0.25) is 0 Å². The van der Waals surface area contributed by atoms with Crippen molar-refractivity contribution in [2.75, 3.05) is 0 Å². The first-order chi connectivity index (χ1) is 5.36. The molecule has 0 saturated heterocycles. The maximum atomic E-state index is 5.34. The second-order valence-corrected chi connectivity index (χ2v) is 2.04. The van der Waals surface area contributed by atoms with Crippen molar-refractivity contribution in [2.24, 2.45) is 5.73 Å². The SMILES string of the molecule is CC#CCn1cc(CN)nn1. The van der Waals surface area contributed by atoms with Crippen LogP contribution in [-0.4, -0.2) is 15.0 Å². The number of nitrogens with two attached hydrogens (primary N) is 1. The summed E-state index contributed by atoms with van der Waals surface area (Å²) >= 11 is 0. The number of aromatic nitrogens is 3. The summed E-state index contributed by atoms with van der Waals surface area (Å²) in [7, 11) is 0. The Hall–Kier alpha value is -1.34. The van der Waals surface area contributed by atoms with Crippen LogP contribution in [0.25, 0.3) is 0 Å². The molecule has 0 aliphatic rings. The van der Waals surface area contributed by atoms with Crippen LogP contribution in [0.3, 0.4) is 0 Å². The van der Waals surface area contributed by atoms with Gasteiger partial charge in [0.25, 0.3) is 0 Å². The van der Waals surface area contributed by atoms with Crippen LogP contribution in [0.5, 0.6) is 0 Å². The minimum atomic E-state index is 0.430. The minimum Gasteiger partial charge on any atom is -0.325 e. The van der Waals surface area contributed by atoms with Crippen LogP contribution in [0, 0.1) is 11.8 Å². The molecule has 11 heavy (non-hydrogen) atoms. The Morgan fingerprint density at radius 1 is 1.73 bits per heavy atom. The summed E-state index contributed by atoms with van der Waals surface area (Å²) in [6.07, 6.45) is 1.80. The van der Waals surface area contributed by atoms with Gasteiger partial charge in [-0.2, -0.15) is 0 Å². The Morgan fingerprint density at radius 2 is 2.55 bits per heavy atom. The van der Waals surface area contributed by atoms with E-state index >= 15 is 0 Å². The predicted molar refractivity (Wildman–Crippen MR) is 41.4 cm³/mol. The van der Waals surface area contributed by atoms with Gasteiger partial charge in [-0.05, 0) is 6.92 Å². The highest BCUT2D eigenvalue weighted by Gasteiger charge is 1.94. The van der Waals surface area contributed by atoms with Gasteiger partial charge in [-0.15, -0.1) is 11.0 Å². The van der Waals surface area contributed by atoms with E-state index in [1.54, 1.807) is 17.8 Å². The van der Waals surface area contributed by atoms with E-state index < -0.39 is 0 Å². The molecular weight excluding hydrogens is 140 g/mol. The van der Waals surface area contributed by atoms with E-state index in [0.29, 0.717) is 13.1 Å². The molecular formula is C7H10N4. The molecule has 0 bridgehead atoms. The van der Waals surface area contributed by atoms with E-state index in [1.807, 2.05) is 0 Å². The molecule has 0 aliphatic heterocycles. The average Bonchev–Trinajstić information content (AvgIpc) is 2.48. The summed E-state index contributed by atoms with van der Waals surface area (Å²) < 4.78 is 1.67. The van der Waals surface area contributed by atoms with E-state index in [0.717, 1.165) is 5.69 Å². The first kappa shape index (κ1) is 7.76. The normalized spacial score (nSPS) is 8.91. The van der Waals surface area contributed by atoms with E-state index in [4.69, 9.17) is 5.73 Å². The smallest absolute Gasteiger partial charge is 0.103 e.